The Labute approximate surface area is 111 Å². The number of hydrogen-bond acceptors (Lipinski definition) is 5. The van der Waals surface area contributed by atoms with Crippen LogP contribution in [0.15, 0.2) is 12.4 Å². The van der Waals surface area contributed by atoms with Gasteiger partial charge in [-0.15, -0.1) is 0 Å². The lowest BCUT2D eigenvalue weighted by Crippen LogP contribution is -2.48. The van der Waals surface area contributed by atoms with E-state index in [-0.39, 0.29) is 0 Å². The van der Waals surface area contributed by atoms with E-state index in [2.05, 4.69) is 36.9 Å². The van der Waals surface area contributed by atoms with Gasteiger partial charge in [-0.2, -0.15) is 4.37 Å². The molecule has 18 heavy (non-hydrogen) atoms. The molecule has 0 bridgehead atoms. The standard InChI is InChI=1S/C12H17N5S/c1-3-11-13-4-5-16(11)6-10-7-17(8-10)12-14-9(2)15-18-12/h4-5,10H,3,6-8H2,1-2H3. The summed E-state index contributed by atoms with van der Waals surface area (Å²) in [7, 11) is 0. The number of nitrogens with zero attached hydrogens (tertiary/aromatic N) is 5. The van der Waals surface area contributed by atoms with Crippen molar-refractivity contribution in [1.82, 2.24) is 18.9 Å². The van der Waals surface area contributed by atoms with Crippen molar-refractivity contribution in [3.05, 3.63) is 24.0 Å². The smallest absolute Gasteiger partial charge is 0.205 e. The second-order valence-electron chi connectivity index (χ2n) is 4.74. The van der Waals surface area contributed by atoms with Gasteiger partial charge in [0, 0.05) is 55.9 Å². The summed E-state index contributed by atoms with van der Waals surface area (Å²) in [6.45, 7) is 7.32. The zero-order valence-corrected chi connectivity index (χ0v) is 11.5. The number of hydrogen-bond donors (Lipinski definition) is 0. The third-order valence-electron chi connectivity index (χ3n) is 3.32. The monoisotopic (exact) mass is 263 g/mol. The number of imidazole rings is 1. The minimum Gasteiger partial charge on any atom is -0.346 e. The fourth-order valence-electron chi connectivity index (χ4n) is 2.35. The van der Waals surface area contributed by atoms with Crippen molar-refractivity contribution in [2.45, 2.75) is 26.8 Å². The molecular formula is C12H17N5S. The average Bonchev–Trinajstić information content (AvgIpc) is 2.91. The van der Waals surface area contributed by atoms with Crippen LogP contribution in [0.3, 0.4) is 0 Å². The molecule has 5 nitrogen and oxygen atoms in total. The summed E-state index contributed by atoms with van der Waals surface area (Å²) < 4.78 is 6.49. The predicted molar refractivity (Wildman–Crippen MR) is 72.0 cm³/mol. The highest BCUT2D eigenvalue weighted by Crippen LogP contribution is 2.27. The van der Waals surface area contributed by atoms with Crippen LogP contribution in [0.2, 0.25) is 0 Å². The Kier molecular flexibility index (Phi) is 3.03. The van der Waals surface area contributed by atoms with E-state index in [1.165, 1.54) is 17.4 Å². The molecule has 0 aromatic carbocycles. The minimum atomic E-state index is 0.703. The van der Waals surface area contributed by atoms with Crippen molar-refractivity contribution in [2.24, 2.45) is 5.92 Å². The molecule has 0 spiro atoms. The molecule has 2 aromatic heterocycles. The molecular weight excluding hydrogens is 246 g/mol. The Hall–Kier alpha value is -1.43. The van der Waals surface area contributed by atoms with Crippen LogP contribution in [0.1, 0.15) is 18.6 Å². The second-order valence-corrected chi connectivity index (χ2v) is 5.47. The highest BCUT2D eigenvalue weighted by Gasteiger charge is 2.29. The highest BCUT2D eigenvalue weighted by atomic mass is 32.1. The quantitative estimate of drug-likeness (QED) is 0.843. The average molecular weight is 263 g/mol. The minimum absolute atomic E-state index is 0.703. The van der Waals surface area contributed by atoms with Crippen molar-refractivity contribution >= 4 is 16.7 Å². The first-order valence-corrected chi connectivity index (χ1v) is 7.09. The van der Waals surface area contributed by atoms with E-state index in [4.69, 9.17) is 0 Å². The molecule has 0 radical (unpaired) electrons. The van der Waals surface area contributed by atoms with E-state index in [0.717, 1.165) is 37.0 Å². The molecule has 0 N–H and O–H groups in total. The molecule has 96 valence electrons. The van der Waals surface area contributed by atoms with Gasteiger partial charge in [0.05, 0.1) is 0 Å². The summed E-state index contributed by atoms with van der Waals surface area (Å²) in [5.74, 6) is 2.76. The molecule has 3 heterocycles. The lowest BCUT2D eigenvalue weighted by atomic mass is 10.0. The van der Waals surface area contributed by atoms with E-state index < -0.39 is 0 Å². The number of rotatable bonds is 4. The third kappa shape index (κ3) is 2.12. The summed E-state index contributed by atoms with van der Waals surface area (Å²) in [6, 6.07) is 0. The first kappa shape index (κ1) is 11.6. The van der Waals surface area contributed by atoms with Crippen molar-refractivity contribution in [3.8, 4) is 0 Å². The first-order chi connectivity index (χ1) is 8.76. The predicted octanol–water partition coefficient (Wildman–Crippen LogP) is 1.74. The molecule has 6 heteroatoms. The van der Waals surface area contributed by atoms with Crippen LogP contribution in [0.4, 0.5) is 5.13 Å². The van der Waals surface area contributed by atoms with Crippen LogP contribution in [0.25, 0.3) is 0 Å². The van der Waals surface area contributed by atoms with E-state index in [9.17, 15) is 0 Å². The summed E-state index contributed by atoms with van der Waals surface area (Å²) in [5.41, 5.74) is 0. The fourth-order valence-corrected chi connectivity index (χ4v) is 3.05. The lowest BCUT2D eigenvalue weighted by molar-refractivity contribution is 0.353. The second kappa shape index (κ2) is 4.68. The molecule has 1 aliphatic heterocycles. The molecule has 0 atom stereocenters. The Balaban J connectivity index is 1.56. The van der Waals surface area contributed by atoms with Crippen LogP contribution >= 0.6 is 11.5 Å². The SMILES string of the molecule is CCc1nccn1CC1CN(c2nc(C)ns2)C1. The maximum Gasteiger partial charge on any atom is 0.205 e. The van der Waals surface area contributed by atoms with Gasteiger partial charge in [0.15, 0.2) is 0 Å². The highest BCUT2D eigenvalue weighted by molar-refractivity contribution is 7.09. The van der Waals surface area contributed by atoms with Crippen LogP contribution in [-0.4, -0.2) is 32.0 Å². The Morgan fingerprint density at radius 2 is 2.28 bits per heavy atom. The van der Waals surface area contributed by atoms with Crippen molar-refractivity contribution in [3.63, 3.8) is 0 Å². The molecule has 0 saturated carbocycles. The zero-order chi connectivity index (χ0) is 12.5. The molecule has 0 aliphatic carbocycles. The number of aryl methyl sites for hydroxylation is 2. The Bertz CT molecular complexity index is 526. The lowest BCUT2D eigenvalue weighted by Gasteiger charge is -2.39. The molecule has 0 amide bonds. The van der Waals surface area contributed by atoms with Crippen LogP contribution in [0.5, 0.6) is 0 Å². The van der Waals surface area contributed by atoms with Crippen LogP contribution in [0, 0.1) is 12.8 Å². The summed E-state index contributed by atoms with van der Waals surface area (Å²) >= 11 is 1.50. The molecule has 2 aromatic rings. The van der Waals surface area contributed by atoms with Crippen LogP contribution in [-0.2, 0) is 13.0 Å². The van der Waals surface area contributed by atoms with E-state index >= 15 is 0 Å². The zero-order valence-electron chi connectivity index (χ0n) is 10.7. The van der Waals surface area contributed by atoms with E-state index in [0.29, 0.717) is 5.92 Å². The Morgan fingerprint density at radius 3 is 2.94 bits per heavy atom. The van der Waals surface area contributed by atoms with Gasteiger partial charge in [-0.25, -0.2) is 9.97 Å². The first-order valence-electron chi connectivity index (χ1n) is 6.31. The molecule has 0 unspecified atom stereocenters. The normalized spacial score (nSPS) is 16.0. The molecule has 1 saturated heterocycles. The summed E-state index contributed by atoms with van der Waals surface area (Å²) in [5, 5.41) is 1.06. The van der Waals surface area contributed by atoms with E-state index in [1.807, 2.05) is 13.1 Å². The third-order valence-corrected chi connectivity index (χ3v) is 4.19. The fraction of sp³-hybridized carbons (Fsp3) is 0.583. The topological polar surface area (TPSA) is 46.8 Å². The van der Waals surface area contributed by atoms with Crippen LogP contribution < -0.4 is 4.90 Å². The summed E-state index contributed by atoms with van der Waals surface area (Å²) in [4.78, 5) is 11.1. The maximum atomic E-state index is 4.41. The molecule has 1 fully saturated rings. The van der Waals surface area contributed by atoms with Gasteiger partial charge in [-0.1, -0.05) is 6.92 Å². The summed E-state index contributed by atoms with van der Waals surface area (Å²) in [6.07, 6.45) is 4.97. The molecule has 3 rings (SSSR count). The van der Waals surface area contributed by atoms with Crippen molar-refractivity contribution in [2.75, 3.05) is 18.0 Å². The van der Waals surface area contributed by atoms with Gasteiger partial charge in [0.2, 0.25) is 5.13 Å². The number of aromatic nitrogens is 4. The molecule has 1 aliphatic rings. The van der Waals surface area contributed by atoms with Crippen molar-refractivity contribution < 1.29 is 0 Å². The maximum absolute atomic E-state index is 4.41. The number of anilines is 1. The van der Waals surface area contributed by atoms with Crippen molar-refractivity contribution in [1.29, 1.82) is 0 Å². The van der Waals surface area contributed by atoms with Gasteiger partial charge in [0.25, 0.3) is 0 Å². The van der Waals surface area contributed by atoms with Gasteiger partial charge in [-0.3, -0.25) is 0 Å². The largest absolute Gasteiger partial charge is 0.346 e. The van der Waals surface area contributed by atoms with Gasteiger partial charge in [0.1, 0.15) is 11.6 Å². The van der Waals surface area contributed by atoms with Gasteiger partial charge < -0.3 is 9.47 Å². The Morgan fingerprint density at radius 1 is 1.44 bits per heavy atom. The van der Waals surface area contributed by atoms with Gasteiger partial charge >= 0.3 is 0 Å². The van der Waals surface area contributed by atoms with E-state index in [1.54, 1.807) is 0 Å². The van der Waals surface area contributed by atoms with Gasteiger partial charge in [-0.05, 0) is 6.92 Å².